The first kappa shape index (κ1) is 9.47. The van der Waals surface area contributed by atoms with Gasteiger partial charge in [-0.1, -0.05) is 42.5 Å². The maximum Gasteiger partial charge on any atom is -0.000442 e. The summed E-state index contributed by atoms with van der Waals surface area (Å²) >= 11 is 2.41. The third-order valence-corrected chi connectivity index (χ3v) is 2.27. The van der Waals surface area contributed by atoms with Gasteiger partial charge in [0.25, 0.3) is 0 Å². The Kier molecular flexibility index (Phi) is 4.54. The normalized spacial score (nSPS) is 11.4. The van der Waals surface area contributed by atoms with E-state index in [0.29, 0.717) is 5.41 Å². The highest BCUT2D eigenvalue weighted by atomic mass is 127. The van der Waals surface area contributed by atoms with Crippen molar-refractivity contribution in [1.82, 2.24) is 0 Å². The number of halogens is 1. The summed E-state index contributed by atoms with van der Waals surface area (Å²) in [4.78, 5) is 0. The number of hydrogen-bond donors (Lipinski definition) is 0. The van der Waals surface area contributed by atoms with E-state index in [-0.39, 0.29) is 0 Å². The van der Waals surface area contributed by atoms with Crippen LogP contribution >= 0.6 is 22.6 Å². The monoisotopic (exact) mass is 238 g/mol. The van der Waals surface area contributed by atoms with E-state index in [9.17, 15) is 0 Å². The molecule has 0 aromatic heterocycles. The van der Waals surface area contributed by atoms with Crippen molar-refractivity contribution >= 4 is 22.6 Å². The molecule has 0 heterocycles. The highest BCUT2D eigenvalue weighted by Gasteiger charge is 2.10. The molecular weight excluding hydrogens is 223 g/mol. The molecule has 0 saturated heterocycles. The lowest BCUT2D eigenvalue weighted by Crippen LogP contribution is -2.06. The molecule has 0 unspecified atom stereocenters. The van der Waals surface area contributed by atoms with Crippen LogP contribution in [0.4, 0.5) is 0 Å². The second kappa shape index (κ2) is 4.31. The van der Waals surface area contributed by atoms with Crippen LogP contribution in [-0.4, -0.2) is 4.43 Å². The van der Waals surface area contributed by atoms with Gasteiger partial charge in [0.1, 0.15) is 0 Å². The van der Waals surface area contributed by atoms with Gasteiger partial charge in [0.15, 0.2) is 0 Å². The van der Waals surface area contributed by atoms with Crippen LogP contribution in [0.15, 0.2) is 12.7 Å². The Labute approximate surface area is 71.9 Å². The van der Waals surface area contributed by atoms with E-state index in [0.717, 1.165) is 0 Å². The molecule has 0 saturated carbocycles. The lowest BCUT2D eigenvalue weighted by molar-refractivity contribution is 0.436. The Balaban J connectivity index is 3.45. The predicted octanol–water partition coefficient (Wildman–Crippen LogP) is 3.41. The molecule has 9 heavy (non-hydrogen) atoms. The van der Waals surface area contributed by atoms with E-state index in [1.54, 1.807) is 0 Å². The number of rotatable bonds is 4. The zero-order valence-electron chi connectivity index (χ0n) is 6.28. The zero-order chi connectivity index (χ0) is 7.33. The molecule has 0 aliphatic carbocycles. The fourth-order valence-corrected chi connectivity index (χ4v) is 1.01. The van der Waals surface area contributed by atoms with Crippen LogP contribution < -0.4 is 0 Å². The first-order chi connectivity index (χ1) is 4.12. The number of allylic oxidation sites excluding steroid dienone is 1. The molecular formula is C8H15I. The van der Waals surface area contributed by atoms with Crippen LogP contribution in [0.5, 0.6) is 0 Å². The largest absolute Gasteiger partial charge is 0.103 e. The molecule has 0 aliphatic rings. The minimum absolute atomic E-state index is 0.352. The van der Waals surface area contributed by atoms with Crippen molar-refractivity contribution in [1.29, 1.82) is 0 Å². The van der Waals surface area contributed by atoms with Gasteiger partial charge < -0.3 is 0 Å². The topological polar surface area (TPSA) is 0 Å². The Morgan fingerprint density at radius 3 is 2.44 bits per heavy atom. The number of alkyl halides is 1. The number of hydrogen-bond acceptors (Lipinski definition) is 0. The first-order valence-corrected chi connectivity index (χ1v) is 4.84. The summed E-state index contributed by atoms with van der Waals surface area (Å²) in [6.07, 6.45) is 4.61. The quantitative estimate of drug-likeness (QED) is 0.400. The molecule has 0 spiro atoms. The van der Waals surface area contributed by atoms with Gasteiger partial charge in [0.2, 0.25) is 0 Å². The van der Waals surface area contributed by atoms with Crippen molar-refractivity contribution in [3.63, 3.8) is 0 Å². The Morgan fingerprint density at radius 2 is 2.11 bits per heavy atom. The fourth-order valence-electron chi connectivity index (χ4n) is 0.624. The summed E-state index contributed by atoms with van der Waals surface area (Å²) < 4.78 is 1.26. The maximum absolute atomic E-state index is 3.78. The molecule has 0 amide bonds. The smallest absolute Gasteiger partial charge is 0.000442 e. The van der Waals surface area contributed by atoms with Crippen LogP contribution in [0, 0.1) is 5.41 Å². The molecule has 1 heteroatoms. The van der Waals surface area contributed by atoms with Crippen LogP contribution in [0.3, 0.4) is 0 Å². The van der Waals surface area contributed by atoms with E-state index in [2.05, 4.69) is 43.0 Å². The van der Waals surface area contributed by atoms with E-state index in [1.165, 1.54) is 17.3 Å². The average Bonchev–Trinajstić information content (AvgIpc) is 1.84. The molecule has 0 nitrogen and oxygen atoms in total. The summed E-state index contributed by atoms with van der Waals surface area (Å²) in [7, 11) is 0. The average molecular weight is 238 g/mol. The summed E-state index contributed by atoms with van der Waals surface area (Å²) in [5.74, 6) is 0. The molecule has 0 rings (SSSR count). The van der Waals surface area contributed by atoms with Gasteiger partial charge in [-0.15, -0.1) is 6.58 Å². The van der Waals surface area contributed by atoms with Gasteiger partial charge in [-0.25, -0.2) is 0 Å². The first-order valence-electron chi connectivity index (χ1n) is 3.32. The highest BCUT2D eigenvalue weighted by molar-refractivity contribution is 14.1. The Hall–Kier alpha value is 0.470. The van der Waals surface area contributed by atoms with Crippen molar-refractivity contribution < 1.29 is 0 Å². The van der Waals surface area contributed by atoms with Gasteiger partial charge >= 0.3 is 0 Å². The van der Waals surface area contributed by atoms with E-state index < -0.39 is 0 Å². The van der Waals surface area contributed by atoms with Gasteiger partial charge in [-0.2, -0.15) is 0 Å². The van der Waals surface area contributed by atoms with Crippen molar-refractivity contribution in [2.45, 2.75) is 26.7 Å². The van der Waals surface area contributed by atoms with Crippen LogP contribution in [0.25, 0.3) is 0 Å². The van der Waals surface area contributed by atoms with Crippen LogP contribution in [0.2, 0.25) is 0 Å². The van der Waals surface area contributed by atoms with Crippen LogP contribution in [-0.2, 0) is 0 Å². The highest BCUT2D eigenvalue weighted by Crippen LogP contribution is 2.23. The second-order valence-electron chi connectivity index (χ2n) is 2.99. The van der Waals surface area contributed by atoms with Crippen molar-refractivity contribution in [3.05, 3.63) is 12.7 Å². The lowest BCUT2D eigenvalue weighted by Gasteiger charge is -2.17. The Bertz CT molecular complexity index is 84.6. The standard InChI is InChI=1S/C8H15I/c1-4-8(2,3)6-5-7-9/h4H,1,5-7H2,2-3H3. The van der Waals surface area contributed by atoms with Gasteiger partial charge in [0.05, 0.1) is 0 Å². The molecule has 0 aromatic rings. The minimum atomic E-state index is 0.352. The van der Waals surface area contributed by atoms with Crippen LogP contribution in [0.1, 0.15) is 26.7 Å². The molecule has 0 fully saturated rings. The zero-order valence-corrected chi connectivity index (χ0v) is 8.44. The Morgan fingerprint density at radius 1 is 1.56 bits per heavy atom. The minimum Gasteiger partial charge on any atom is -0.103 e. The summed E-state index contributed by atoms with van der Waals surface area (Å²) in [5, 5.41) is 0. The van der Waals surface area contributed by atoms with E-state index in [4.69, 9.17) is 0 Å². The molecule has 0 radical (unpaired) electrons. The van der Waals surface area contributed by atoms with Gasteiger partial charge in [-0.05, 0) is 22.7 Å². The SMILES string of the molecule is C=CC(C)(C)CCCI. The summed E-state index contributed by atoms with van der Waals surface area (Å²) in [5.41, 5.74) is 0.352. The summed E-state index contributed by atoms with van der Waals surface area (Å²) in [6.45, 7) is 8.24. The van der Waals surface area contributed by atoms with E-state index >= 15 is 0 Å². The predicted molar refractivity (Wildman–Crippen MR) is 52.1 cm³/mol. The fraction of sp³-hybridized carbons (Fsp3) is 0.750. The van der Waals surface area contributed by atoms with Gasteiger partial charge in [0, 0.05) is 0 Å². The second-order valence-corrected chi connectivity index (χ2v) is 4.06. The molecule has 0 atom stereocenters. The molecule has 0 aromatic carbocycles. The maximum atomic E-state index is 3.78. The molecule has 54 valence electrons. The third-order valence-electron chi connectivity index (χ3n) is 1.51. The molecule has 0 N–H and O–H groups in total. The van der Waals surface area contributed by atoms with Gasteiger partial charge in [-0.3, -0.25) is 0 Å². The third kappa shape index (κ3) is 4.94. The van der Waals surface area contributed by atoms with E-state index in [1.807, 2.05) is 6.08 Å². The lowest BCUT2D eigenvalue weighted by atomic mass is 9.89. The molecule has 0 bridgehead atoms. The van der Waals surface area contributed by atoms with Crippen molar-refractivity contribution in [3.8, 4) is 0 Å². The van der Waals surface area contributed by atoms with Crippen molar-refractivity contribution in [2.24, 2.45) is 5.41 Å². The van der Waals surface area contributed by atoms with Crippen molar-refractivity contribution in [2.75, 3.05) is 4.43 Å². The molecule has 0 aliphatic heterocycles. The summed E-state index contributed by atoms with van der Waals surface area (Å²) in [6, 6.07) is 0.